The van der Waals surface area contributed by atoms with Gasteiger partial charge in [0.25, 0.3) is 0 Å². The Bertz CT molecular complexity index is 669. The predicted molar refractivity (Wildman–Crippen MR) is 77.8 cm³/mol. The molecule has 2 rings (SSSR count). The zero-order chi connectivity index (χ0) is 17.3. The summed E-state index contributed by atoms with van der Waals surface area (Å²) >= 11 is 0. The van der Waals surface area contributed by atoms with Crippen LogP contribution in [-0.4, -0.2) is 6.36 Å². The fourth-order valence-electron chi connectivity index (χ4n) is 1.98. The first kappa shape index (κ1) is 20.1. The fraction of sp³-hybridized carbons (Fsp3) is 0.200. The molecule has 24 heavy (non-hydrogen) atoms. The van der Waals surface area contributed by atoms with Gasteiger partial charge in [-0.2, -0.15) is 13.2 Å². The average molecular weight is 372 g/mol. The van der Waals surface area contributed by atoms with Crippen molar-refractivity contribution in [2.45, 2.75) is 18.6 Å². The molecule has 0 saturated heterocycles. The smallest absolute Gasteiger partial charge is 0.406 e. The number of rotatable bonds is 3. The van der Waals surface area contributed by atoms with Crippen molar-refractivity contribution in [3.05, 3.63) is 65.2 Å². The first-order valence-electron chi connectivity index (χ1n) is 6.35. The second kappa shape index (κ2) is 7.31. The zero-order valence-electron chi connectivity index (χ0n) is 11.9. The lowest BCUT2D eigenvalue weighted by atomic mass is 9.98. The standard InChI is InChI=1S/C15H11F6NO.ClH/c16-14(17,18)11-3-1-2-10(8-11)13(22)9-4-6-12(7-5-9)23-15(19,20)21;/h1-8,13H,22H2;1H/t13-;/m0./s1. The molecule has 2 aromatic rings. The second-order valence-electron chi connectivity index (χ2n) is 4.72. The molecule has 1 atom stereocenters. The number of hydrogen-bond donors (Lipinski definition) is 1. The number of alkyl halides is 6. The van der Waals surface area contributed by atoms with E-state index in [2.05, 4.69) is 4.74 Å². The van der Waals surface area contributed by atoms with E-state index in [0.29, 0.717) is 5.56 Å². The summed E-state index contributed by atoms with van der Waals surface area (Å²) < 4.78 is 78.0. The number of halogens is 7. The fourth-order valence-corrected chi connectivity index (χ4v) is 1.98. The maximum Gasteiger partial charge on any atom is 0.573 e. The summed E-state index contributed by atoms with van der Waals surface area (Å²) in [4.78, 5) is 0. The van der Waals surface area contributed by atoms with Crippen molar-refractivity contribution in [2.75, 3.05) is 0 Å². The van der Waals surface area contributed by atoms with Gasteiger partial charge in [-0.05, 0) is 35.4 Å². The molecule has 0 heterocycles. The molecular weight excluding hydrogens is 360 g/mol. The van der Waals surface area contributed by atoms with Gasteiger partial charge in [0, 0.05) is 0 Å². The van der Waals surface area contributed by atoms with Gasteiger partial charge in [0.1, 0.15) is 5.75 Å². The molecule has 0 fully saturated rings. The Balaban J connectivity index is 0.00000288. The summed E-state index contributed by atoms with van der Waals surface area (Å²) in [7, 11) is 0. The van der Waals surface area contributed by atoms with E-state index >= 15 is 0 Å². The lowest BCUT2D eigenvalue weighted by Gasteiger charge is -2.16. The van der Waals surface area contributed by atoms with Crippen LogP contribution >= 0.6 is 12.4 Å². The van der Waals surface area contributed by atoms with Crippen molar-refractivity contribution < 1.29 is 31.1 Å². The third-order valence-corrected chi connectivity index (χ3v) is 3.05. The van der Waals surface area contributed by atoms with Crippen LogP contribution in [0.5, 0.6) is 5.75 Å². The van der Waals surface area contributed by atoms with Crippen molar-refractivity contribution in [1.82, 2.24) is 0 Å². The van der Waals surface area contributed by atoms with Crippen LogP contribution < -0.4 is 10.5 Å². The van der Waals surface area contributed by atoms with Gasteiger partial charge in [0.2, 0.25) is 0 Å². The summed E-state index contributed by atoms with van der Waals surface area (Å²) in [6.45, 7) is 0. The molecule has 0 bridgehead atoms. The zero-order valence-corrected chi connectivity index (χ0v) is 12.7. The topological polar surface area (TPSA) is 35.2 Å². The summed E-state index contributed by atoms with van der Waals surface area (Å²) in [5.41, 5.74) is 5.59. The van der Waals surface area contributed by atoms with Crippen LogP contribution in [0, 0.1) is 0 Å². The predicted octanol–water partition coefficient (Wildman–Crippen LogP) is 5.07. The van der Waals surface area contributed by atoms with Crippen LogP contribution in [0.25, 0.3) is 0 Å². The minimum Gasteiger partial charge on any atom is -0.406 e. The first-order valence-corrected chi connectivity index (χ1v) is 6.35. The summed E-state index contributed by atoms with van der Waals surface area (Å²) in [6, 6.07) is 8.20. The van der Waals surface area contributed by atoms with E-state index in [1.165, 1.54) is 24.3 Å². The van der Waals surface area contributed by atoms with Gasteiger partial charge < -0.3 is 10.5 Å². The van der Waals surface area contributed by atoms with Gasteiger partial charge in [-0.1, -0.05) is 24.3 Å². The van der Waals surface area contributed by atoms with E-state index in [9.17, 15) is 26.3 Å². The summed E-state index contributed by atoms with van der Waals surface area (Å²) in [5, 5.41) is 0. The Morgan fingerprint density at radius 3 is 1.92 bits per heavy atom. The third kappa shape index (κ3) is 5.31. The Kier molecular flexibility index (Phi) is 6.13. The molecule has 2 nitrogen and oxygen atoms in total. The average Bonchev–Trinajstić information content (AvgIpc) is 2.45. The highest BCUT2D eigenvalue weighted by molar-refractivity contribution is 5.85. The molecule has 2 aromatic carbocycles. The third-order valence-electron chi connectivity index (χ3n) is 3.05. The van der Waals surface area contributed by atoms with Gasteiger partial charge in [-0.3, -0.25) is 0 Å². The maximum atomic E-state index is 12.7. The molecule has 132 valence electrons. The monoisotopic (exact) mass is 371 g/mol. The Morgan fingerprint density at radius 1 is 0.833 bits per heavy atom. The van der Waals surface area contributed by atoms with Crippen LogP contribution in [0.1, 0.15) is 22.7 Å². The van der Waals surface area contributed by atoms with Gasteiger partial charge in [0.15, 0.2) is 0 Å². The normalized spacial score (nSPS) is 13.1. The van der Waals surface area contributed by atoms with Gasteiger partial charge >= 0.3 is 12.5 Å². The lowest BCUT2D eigenvalue weighted by molar-refractivity contribution is -0.274. The molecule has 9 heteroatoms. The highest BCUT2D eigenvalue weighted by Gasteiger charge is 2.32. The van der Waals surface area contributed by atoms with E-state index in [-0.39, 0.29) is 18.0 Å². The molecule has 0 amide bonds. The van der Waals surface area contributed by atoms with Gasteiger partial charge in [-0.15, -0.1) is 25.6 Å². The number of hydrogen-bond acceptors (Lipinski definition) is 2. The molecule has 0 saturated carbocycles. The van der Waals surface area contributed by atoms with Crippen LogP contribution in [-0.2, 0) is 6.18 Å². The molecule has 0 spiro atoms. The van der Waals surface area contributed by atoms with Crippen molar-refractivity contribution in [1.29, 1.82) is 0 Å². The quantitative estimate of drug-likeness (QED) is 0.764. The molecule has 0 radical (unpaired) electrons. The minimum atomic E-state index is -4.81. The summed E-state index contributed by atoms with van der Waals surface area (Å²) in [6.07, 6.45) is -9.31. The number of ether oxygens (including phenoxy) is 1. The van der Waals surface area contributed by atoms with Crippen LogP contribution in [0.4, 0.5) is 26.3 Å². The van der Waals surface area contributed by atoms with E-state index in [1.807, 2.05) is 0 Å². The van der Waals surface area contributed by atoms with Crippen LogP contribution in [0.2, 0.25) is 0 Å². The lowest BCUT2D eigenvalue weighted by Crippen LogP contribution is -2.17. The Labute approximate surface area is 139 Å². The SMILES string of the molecule is Cl.N[C@@H](c1ccc(OC(F)(F)F)cc1)c1cccc(C(F)(F)F)c1. The molecular formula is C15H12ClF6NO. The molecule has 2 N–H and O–H groups in total. The van der Waals surface area contributed by atoms with Crippen molar-refractivity contribution >= 4 is 12.4 Å². The molecule has 0 aliphatic rings. The van der Waals surface area contributed by atoms with Crippen LogP contribution in [0.3, 0.4) is 0 Å². The minimum absolute atomic E-state index is 0. The summed E-state index contributed by atoms with van der Waals surface area (Å²) in [5.74, 6) is -0.433. The molecule has 0 unspecified atom stereocenters. The van der Waals surface area contributed by atoms with Crippen molar-refractivity contribution in [3.63, 3.8) is 0 Å². The molecule has 0 aliphatic heterocycles. The highest BCUT2D eigenvalue weighted by atomic mass is 35.5. The molecule has 0 aromatic heterocycles. The largest absolute Gasteiger partial charge is 0.573 e. The van der Waals surface area contributed by atoms with Gasteiger partial charge in [-0.25, -0.2) is 0 Å². The van der Waals surface area contributed by atoms with E-state index in [4.69, 9.17) is 5.73 Å². The highest BCUT2D eigenvalue weighted by Crippen LogP contribution is 2.32. The first-order chi connectivity index (χ1) is 10.6. The van der Waals surface area contributed by atoms with E-state index < -0.39 is 29.9 Å². The Morgan fingerprint density at radius 2 is 1.42 bits per heavy atom. The van der Waals surface area contributed by atoms with Crippen molar-refractivity contribution in [3.8, 4) is 5.75 Å². The second-order valence-corrected chi connectivity index (χ2v) is 4.72. The van der Waals surface area contributed by atoms with Crippen molar-refractivity contribution in [2.24, 2.45) is 5.73 Å². The Hall–Kier alpha value is -1.93. The number of benzene rings is 2. The van der Waals surface area contributed by atoms with Crippen LogP contribution in [0.15, 0.2) is 48.5 Å². The maximum absolute atomic E-state index is 12.7. The number of nitrogens with two attached hydrogens (primary N) is 1. The molecule has 0 aliphatic carbocycles. The van der Waals surface area contributed by atoms with E-state index in [0.717, 1.165) is 24.3 Å². The van der Waals surface area contributed by atoms with Gasteiger partial charge in [0.05, 0.1) is 11.6 Å². The van der Waals surface area contributed by atoms with E-state index in [1.54, 1.807) is 0 Å².